The maximum atomic E-state index is 12.7. The molecule has 106 valence electrons. The maximum absolute atomic E-state index is 12.7. The summed E-state index contributed by atoms with van der Waals surface area (Å²) >= 11 is 0. The molecule has 0 radical (unpaired) electrons. The van der Waals surface area contributed by atoms with E-state index in [9.17, 15) is 12.8 Å². The first-order chi connectivity index (χ1) is 8.69. The Hall–Kier alpha value is -1.67. The lowest BCUT2D eigenvalue weighted by molar-refractivity contribution is 0.307. The summed E-state index contributed by atoms with van der Waals surface area (Å²) in [5.41, 5.74) is 4.61. The van der Waals surface area contributed by atoms with Gasteiger partial charge in [0, 0.05) is 12.0 Å². The molecule has 1 rings (SSSR count). The number of hydrogen-bond donors (Lipinski definition) is 3. The van der Waals surface area contributed by atoms with Crippen molar-refractivity contribution in [3.05, 3.63) is 30.1 Å². The summed E-state index contributed by atoms with van der Waals surface area (Å²) in [5, 5.41) is 11.4. The molecule has 19 heavy (non-hydrogen) atoms. The second kappa shape index (κ2) is 5.54. The van der Waals surface area contributed by atoms with E-state index >= 15 is 0 Å². The highest BCUT2D eigenvalue weighted by molar-refractivity contribution is 7.89. The molecule has 0 saturated carbocycles. The van der Waals surface area contributed by atoms with E-state index in [2.05, 4.69) is 9.88 Å². The molecule has 0 fully saturated rings. The van der Waals surface area contributed by atoms with Crippen molar-refractivity contribution in [3.8, 4) is 0 Å². The Morgan fingerprint density at radius 3 is 2.42 bits per heavy atom. The van der Waals surface area contributed by atoms with Gasteiger partial charge in [-0.1, -0.05) is 19.0 Å². The zero-order chi connectivity index (χ0) is 14.7. The minimum absolute atomic E-state index is 0.0517. The summed E-state index contributed by atoms with van der Waals surface area (Å²) in [6.07, 6.45) is 0. The number of amidine groups is 1. The predicted octanol–water partition coefficient (Wildman–Crippen LogP) is 0.877. The predicted molar refractivity (Wildman–Crippen MR) is 68.8 cm³/mol. The summed E-state index contributed by atoms with van der Waals surface area (Å²) in [6.45, 7) is 3.19. The first-order valence-electron chi connectivity index (χ1n) is 5.42. The van der Waals surface area contributed by atoms with E-state index in [-0.39, 0.29) is 17.3 Å². The van der Waals surface area contributed by atoms with Gasteiger partial charge in [-0.3, -0.25) is 0 Å². The van der Waals surface area contributed by atoms with Crippen LogP contribution in [0.1, 0.15) is 13.8 Å². The largest absolute Gasteiger partial charge is 0.409 e. The highest BCUT2D eigenvalue weighted by atomic mass is 32.2. The van der Waals surface area contributed by atoms with Crippen molar-refractivity contribution in [1.29, 1.82) is 0 Å². The summed E-state index contributed by atoms with van der Waals surface area (Å²) in [4.78, 5) is -0.0517. The molecule has 0 aliphatic carbocycles. The molecule has 0 unspecified atom stereocenters. The summed E-state index contributed by atoms with van der Waals surface area (Å²) in [5.74, 6) is -0.606. The maximum Gasteiger partial charge on any atom is 0.240 e. The second-order valence-electron chi connectivity index (χ2n) is 4.65. The van der Waals surface area contributed by atoms with Crippen molar-refractivity contribution in [1.82, 2.24) is 4.72 Å². The molecule has 6 nitrogen and oxygen atoms in total. The zero-order valence-corrected chi connectivity index (χ0v) is 11.4. The molecule has 0 saturated heterocycles. The Morgan fingerprint density at radius 2 is 1.95 bits per heavy atom. The summed E-state index contributed by atoms with van der Waals surface area (Å²) in [7, 11) is -3.76. The number of benzene rings is 1. The number of hydrogen-bond acceptors (Lipinski definition) is 4. The van der Waals surface area contributed by atoms with E-state index in [0.29, 0.717) is 0 Å². The van der Waals surface area contributed by atoms with Gasteiger partial charge in [-0.15, -0.1) is 0 Å². The smallest absolute Gasteiger partial charge is 0.240 e. The average Bonchev–Trinajstić information content (AvgIpc) is 2.36. The number of sulfonamides is 1. The first-order valence-corrected chi connectivity index (χ1v) is 6.90. The van der Waals surface area contributed by atoms with Gasteiger partial charge in [0.25, 0.3) is 0 Å². The molecular formula is C11H16FN3O3S. The van der Waals surface area contributed by atoms with Crippen molar-refractivity contribution in [3.63, 3.8) is 0 Å². The number of rotatable bonds is 5. The van der Waals surface area contributed by atoms with Gasteiger partial charge in [0.15, 0.2) is 0 Å². The van der Waals surface area contributed by atoms with Crippen LogP contribution in [0.4, 0.5) is 4.39 Å². The Morgan fingerprint density at radius 1 is 1.42 bits per heavy atom. The number of oxime groups is 1. The second-order valence-corrected chi connectivity index (χ2v) is 6.41. The number of halogens is 1. The highest BCUT2D eigenvalue weighted by Gasteiger charge is 2.26. The fraction of sp³-hybridized carbons (Fsp3) is 0.364. The van der Waals surface area contributed by atoms with Crippen molar-refractivity contribution in [2.75, 3.05) is 6.54 Å². The number of nitrogens with zero attached hydrogens (tertiary/aromatic N) is 1. The molecule has 4 N–H and O–H groups in total. The Labute approximate surface area is 111 Å². The lowest BCUT2D eigenvalue weighted by Gasteiger charge is -2.23. The van der Waals surface area contributed by atoms with Crippen LogP contribution in [0, 0.1) is 11.2 Å². The molecule has 1 aromatic carbocycles. The van der Waals surface area contributed by atoms with Crippen LogP contribution in [-0.4, -0.2) is 26.0 Å². The molecule has 0 heterocycles. The van der Waals surface area contributed by atoms with Gasteiger partial charge in [-0.25, -0.2) is 17.5 Å². The topological polar surface area (TPSA) is 105 Å². The van der Waals surface area contributed by atoms with Crippen LogP contribution in [0.3, 0.4) is 0 Å². The number of nitrogens with two attached hydrogens (primary N) is 1. The third-order valence-electron chi connectivity index (χ3n) is 2.63. The van der Waals surface area contributed by atoms with E-state index in [1.165, 1.54) is 0 Å². The molecule has 0 aliphatic rings. The normalized spacial score (nSPS) is 13.5. The Kier molecular flexibility index (Phi) is 4.48. The van der Waals surface area contributed by atoms with E-state index < -0.39 is 21.3 Å². The third kappa shape index (κ3) is 3.90. The molecule has 0 aliphatic heterocycles. The van der Waals surface area contributed by atoms with E-state index in [4.69, 9.17) is 10.9 Å². The molecule has 0 bridgehead atoms. The summed E-state index contributed by atoms with van der Waals surface area (Å²) in [6, 6.07) is 4.44. The van der Waals surface area contributed by atoms with E-state index in [0.717, 1.165) is 24.3 Å². The van der Waals surface area contributed by atoms with Crippen molar-refractivity contribution in [2.24, 2.45) is 16.3 Å². The van der Waals surface area contributed by atoms with Crippen LogP contribution in [0.5, 0.6) is 0 Å². The minimum Gasteiger partial charge on any atom is -0.409 e. The van der Waals surface area contributed by atoms with Crippen LogP contribution in [0.2, 0.25) is 0 Å². The molecule has 0 atom stereocenters. The summed E-state index contributed by atoms with van der Waals surface area (Å²) < 4.78 is 38.9. The fourth-order valence-corrected chi connectivity index (χ4v) is 2.41. The number of nitrogens with one attached hydrogen (secondary N) is 1. The third-order valence-corrected chi connectivity index (χ3v) is 4.05. The lowest BCUT2D eigenvalue weighted by Crippen LogP contribution is -2.42. The quantitative estimate of drug-likeness (QED) is 0.324. The fourth-order valence-electron chi connectivity index (χ4n) is 1.20. The first kappa shape index (κ1) is 15.4. The molecule has 8 heteroatoms. The molecule has 1 aromatic rings. The molecule has 0 aromatic heterocycles. The zero-order valence-electron chi connectivity index (χ0n) is 10.6. The highest BCUT2D eigenvalue weighted by Crippen LogP contribution is 2.16. The monoisotopic (exact) mass is 289 g/mol. The van der Waals surface area contributed by atoms with E-state index in [1.54, 1.807) is 13.8 Å². The van der Waals surface area contributed by atoms with Crippen molar-refractivity contribution in [2.45, 2.75) is 18.7 Å². The standard InChI is InChI=1S/C11H16FN3O3S/c1-11(2,10(13)15-16)7-14-19(17,18)9-5-3-8(12)4-6-9/h3-6,14,16H,7H2,1-2H3,(H2,13,15). The van der Waals surface area contributed by atoms with Gasteiger partial charge >= 0.3 is 0 Å². The molecular weight excluding hydrogens is 273 g/mol. The van der Waals surface area contributed by atoms with Gasteiger partial charge < -0.3 is 10.9 Å². The Bertz CT molecular complexity index is 567. The van der Waals surface area contributed by atoms with Gasteiger partial charge in [0.2, 0.25) is 10.0 Å². The van der Waals surface area contributed by atoms with Crippen LogP contribution >= 0.6 is 0 Å². The molecule has 0 spiro atoms. The van der Waals surface area contributed by atoms with Gasteiger partial charge in [0.1, 0.15) is 11.7 Å². The SMILES string of the molecule is CC(C)(CNS(=O)(=O)c1ccc(F)cc1)/C(N)=N/O. The van der Waals surface area contributed by atoms with Gasteiger partial charge in [-0.2, -0.15) is 0 Å². The lowest BCUT2D eigenvalue weighted by atomic mass is 9.93. The van der Waals surface area contributed by atoms with Crippen LogP contribution in [0.25, 0.3) is 0 Å². The van der Waals surface area contributed by atoms with Crippen LogP contribution < -0.4 is 10.5 Å². The van der Waals surface area contributed by atoms with Gasteiger partial charge in [0.05, 0.1) is 4.90 Å². The van der Waals surface area contributed by atoms with Crippen molar-refractivity contribution < 1.29 is 18.0 Å². The molecule has 0 amide bonds. The average molecular weight is 289 g/mol. The van der Waals surface area contributed by atoms with E-state index in [1.807, 2.05) is 0 Å². The van der Waals surface area contributed by atoms with Crippen molar-refractivity contribution >= 4 is 15.9 Å². The Balaban J connectivity index is 2.85. The van der Waals surface area contributed by atoms with Crippen LogP contribution in [-0.2, 0) is 10.0 Å². The minimum atomic E-state index is -3.76. The van der Waals surface area contributed by atoms with Crippen LogP contribution in [0.15, 0.2) is 34.3 Å². The van der Waals surface area contributed by atoms with Gasteiger partial charge in [-0.05, 0) is 24.3 Å².